The molecule has 7 heteroatoms. The number of amides is 1. The van der Waals surface area contributed by atoms with E-state index in [9.17, 15) is 14.4 Å². The lowest BCUT2D eigenvalue weighted by Gasteiger charge is -2.17. The zero-order valence-corrected chi connectivity index (χ0v) is 16.2. The van der Waals surface area contributed by atoms with Crippen molar-refractivity contribution in [2.24, 2.45) is 0 Å². The molecule has 1 aliphatic rings. The lowest BCUT2D eigenvalue weighted by atomic mass is 9.90. The molecule has 0 unspecified atom stereocenters. The highest BCUT2D eigenvalue weighted by Gasteiger charge is 2.19. The number of hydrogen-bond donors (Lipinski definition) is 3. The van der Waals surface area contributed by atoms with Gasteiger partial charge < -0.3 is 20.0 Å². The van der Waals surface area contributed by atoms with E-state index in [1.165, 1.54) is 30.9 Å². The molecule has 0 spiro atoms. The second-order valence-electron chi connectivity index (χ2n) is 7.45. The number of H-pyrrole nitrogens is 2. The van der Waals surface area contributed by atoms with E-state index < -0.39 is 18.0 Å². The van der Waals surface area contributed by atoms with Crippen LogP contribution in [0.5, 0.6) is 0 Å². The number of anilines is 1. The molecule has 3 N–H and O–H groups in total. The highest BCUT2D eigenvalue weighted by molar-refractivity contribution is 5.96. The number of aryl methyl sites for hydroxylation is 2. The molecule has 150 valence electrons. The minimum absolute atomic E-state index is 0.140. The van der Waals surface area contributed by atoms with E-state index in [-0.39, 0.29) is 12.1 Å². The molecule has 0 aliphatic heterocycles. The maximum absolute atomic E-state index is 12.4. The maximum atomic E-state index is 12.4. The van der Waals surface area contributed by atoms with Gasteiger partial charge in [0.2, 0.25) is 0 Å². The molecule has 0 radical (unpaired) electrons. The molecule has 1 aliphatic carbocycles. The van der Waals surface area contributed by atoms with Gasteiger partial charge in [-0.2, -0.15) is 0 Å². The fraction of sp³-hybridized carbons (Fsp3) is 0.318. The van der Waals surface area contributed by atoms with Crippen molar-refractivity contribution >= 4 is 28.6 Å². The number of hydrogen-bond acceptors (Lipinski definition) is 4. The molecular weight excluding hydrogens is 370 g/mol. The van der Waals surface area contributed by atoms with Crippen LogP contribution in [0.4, 0.5) is 5.69 Å². The van der Waals surface area contributed by atoms with Gasteiger partial charge in [-0.05, 0) is 67.5 Å². The summed E-state index contributed by atoms with van der Waals surface area (Å²) in [6.45, 7) is 1.54. The number of carbonyl (C=O) groups excluding carboxylic acids is 2. The van der Waals surface area contributed by atoms with Crippen molar-refractivity contribution in [3.05, 3.63) is 63.6 Å². The molecule has 1 aromatic heterocycles. The summed E-state index contributed by atoms with van der Waals surface area (Å²) in [6, 6.07) is 11.1. The van der Waals surface area contributed by atoms with E-state index in [1.807, 2.05) is 6.07 Å². The molecular formula is C22H23N3O4. The van der Waals surface area contributed by atoms with E-state index in [4.69, 9.17) is 4.74 Å². The molecule has 0 saturated heterocycles. The number of esters is 1. The van der Waals surface area contributed by atoms with Crippen molar-refractivity contribution in [1.29, 1.82) is 0 Å². The van der Waals surface area contributed by atoms with Crippen molar-refractivity contribution in [2.75, 3.05) is 5.32 Å². The van der Waals surface area contributed by atoms with E-state index in [0.29, 0.717) is 16.7 Å². The molecule has 1 heterocycles. The maximum Gasteiger partial charge on any atom is 0.323 e. The lowest BCUT2D eigenvalue weighted by molar-refractivity contribution is -0.152. The number of carbonyl (C=O) groups is 2. The standard InChI is InChI=1S/C22H23N3O4/c1-13(21(27)23-17-8-9-18-19(12-17)25-22(28)24-18)29-20(26)11-14-6-7-15-4-2-3-5-16(15)10-14/h6-10,12-13H,2-5,11H2,1H3,(H,23,27)(H2,24,25,28)/t13-/m1/s1. The van der Waals surface area contributed by atoms with Gasteiger partial charge in [-0.3, -0.25) is 9.59 Å². The van der Waals surface area contributed by atoms with Gasteiger partial charge >= 0.3 is 11.7 Å². The Morgan fingerprint density at radius 2 is 1.79 bits per heavy atom. The smallest absolute Gasteiger partial charge is 0.323 e. The lowest BCUT2D eigenvalue weighted by Crippen LogP contribution is -2.30. The van der Waals surface area contributed by atoms with Crippen LogP contribution < -0.4 is 11.0 Å². The van der Waals surface area contributed by atoms with Gasteiger partial charge in [0.05, 0.1) is 17.5 Å². The number of rotatable bonds is 5. The topological polar surface area (TPSA) is 104 Å². The summed E-state index contributed by atoms with van der Waals surface area (Å²) in [7, 11) is 0. The van der Waals surface area contributed by atoms with Gasteiger partial charge in [0, 0.05) is 5.69 Å². The van der Waals surface area contributed by atoms with Crippen molar-refractivity contribution in [1.82, 2.24) is 9.97 Å². The Kier molecular flexibility index (Phi) is 5.20. The summed E-state index contributed by atoms with van der Waals surface area (Å²) in [5.74, 6) is -0.866. The Morgan fingerprint density at radius 1 is 1.03 bits per heavy atom. The number of nitrogens with one attached hydrogen (secondary N) is 3. The van der Waals surface area contributed by atoms with Gasteiger partial charge in [-0.15, -0.1) is 0 Å². The normalized spacial score (nSPS) is 14.2. The Hall–Kier alpha value is -3.35. The van der Waals surface area contributed by atoms with Gasteiger partial charge in [0.1, 0.15) is 0 Å². The van der Waals surface area contributed by atoms with E-state index >= 15 is 0 Å². The SMILES string of the molecule is C[C@@H](OC(=O)Cc1ccc2c(c1)CCCC2)C(=O)Nc1ccc2[nH]c(=O)[nH]c2c1. The fourth-order valence-corrected chi connectivity index (χ4v) is 3.71. The van der Waals surface area contributed by atoms with Crippen LogP contribution in [0.3, 0.4) is 0 Å². The van der Waals surface area contributed by atoms with Crippen LogP contribution >= 0.6 is 0 Å². The molecule has 0 saturated carbocycles. The summed E-state index contributed by atoms with van der Waals surface area (Å²) in [5.41, 5.74) is 5.02. The summed E-state index contributed by atoms with van der Waals surface area (Å²) in [4.78, 5) is 41.2. The number of aromatic amines is 2. The van der Waals surface area contributed by atoms with Crippen molar-refractivity contribution in [3.63, 3.8) is 0 Å². The average Bonchev–Trinajstić information content (AvgIpc) is 3.07. The molecule has 7 nitrogen and oxygen atoms in total. The molecule has 29 heavy (non-hydrogen) atoms. The highest BCUT2D eigenvalue weighted by atomic mass is 16.5. The Balaban J connectivity index is 1.35. The second kappa shape index (κ2) is 7.95. The number of aromatic nitrogens is 2. The Bertz CT molecular complexity index is 1130. The summed E-state index contributed by atoms with van der Waals surface area (Å²) < 4.78 is 5.31. The van der Waals surface area contributed by atoms with Crippen molar-refractivity contribution in [2.45, 2.75) is 45.1 Å². The zero-order chi connectivity index (χ0) is 20.4. The first-order valence-electron chi connectivity index (χ1n) is 9.81. The molecule has 0 fully saturated rings. The molecule has 4 rings (SSSR count). The number of benzene rings is 2. The Morgan fingerprint density at radius 3 is 2.62 bits per heavy atom. The number of fused-ring (bicyclic) bond motifs is 2. The first kappa shape index (κ1) is 19.0. The first-order chi connectivity index (χ1) is 14.0. The minimum Gasteiger partial charge on any atom is -0.452 e. The molecule has 0 bridgehead atoms. The minimum atomic E-state index is -0.930. The van der Waals surface area contributed by atoms with E-state index in [1.54, 1.807) is 18.2 Å². The predicted octanol–water partition coefficient (Wildman–Crippen LogP) is 2.85. The van der Waals surface area contributed by atoms with Crippen LogP contribution in [0.25, 0.3) is 11.0 Å². The summed E-state index contributed by atoms with van der Waals surface area (Å²) >= 11 is 0. The quantitative estimate of drug-likeness (QED) is 0.580. The summed E-state index contributed by atoms with van der Waals surface area (Å²) in [5, 5.41) is 2.70. The number of ether oxygens (including phenoxy) is 1. The van der Waals surface area contributed by atoms with Gasteiger partial charge in [0.25, 0.3) is 5.91 Å². The van der Waals surface area contributed by atoms with E-state index in [0.717, 1.165) is 18.4 Å². The third-order valence-corrected chi connectivity index (χ3v) is 5.22. The van der Waals surface area contributed by atoms with Crippen LogP contribution in [-0.2, 0) is 33.6 Å². The largest absolute Gasteiger partial charge is 0.452 e. The molecule has 1 amide bonds. The monoisotopic (exact) mass is 393 g/mol. The van der Waals surface area contributed by atoms with Gasteiger partial charge in [0.15, 0.2) is 6.10 Å². The molecule has 2 aromatic carbocycles. The van der Waals surface area contributed by atoms with Crippen molar-refractivity contribution in [3.8, 4) is 0 Å². The predicted molar refractivity (Wildman–Crippen MR) is 110 cm³/mol. The highest BCUT2D eigenvalue weighted by Crippen LogP contribution is 2.22. The average molecular weight is 393 g/mol. The third kappa shape index (κ3) is 4.39. The molecule has 3 aromatic rings. The molecule has 1 atom stereocenters. The van der Waals surface area contributed by atoms with E-state index in [2.05, 4.69) is 27.4 Å². The van der Waals surface area contributed by atoms with Crippen LogP contribution in [0, 0.1) is 0 Å². The summed E-state index contributed by atoms with van der Waals surface area (Å²) in [6.07, 6.45) is 3.75. The van der Waals surface area contributed by atoms with Gasteiger partial charge in [-0.1, -0.05) is 18.2 Å². The van der Waals surface area contributed by atoms with Crippen LogP contribution in [0.1, 0.15) is 36.5 Å². The van der Waals surface area contributed by atoms with Gasteiger partial charge in [-0.25, -0.2) is 4.79 Å². The number of imidazole rings is 1. The zero-order valence-electron chi connectivity index (χ0n) is 16.2. The van der Waals surface area contributed by atoms with Crippen LogP contribution in [-0.4, -0.2) is 27.9 Å². The third-order valence-electron chi connectivity index (χ3n) is 5.22. The van der Waals surface area contributed by atoms with Crippen LogP contribution in [0.15, 0.2) is 41.2 Å². The first-order valence-corrected chi connectivity index (χ1v) is 9.81. The Labute approximate surface area is 167 Å². The fourth-order valence-electron chi connectivity index (χ4n) is 3.71. The van der Waals surface area contributed by atoms with Crippen molar-refractivity contribution < 1.29 is 14.3 Å². The second-order valence-corrected chi connectivity index (χ2v) is 7.45. The van der Waals surface area contributed by atoms with Crippen LogP contribution in [0.2, 0.25) is 0 Å².